The molecule has 0 fully saturated rings. The van der Waals surface area contributed by atoms with Crippen LogP contribution in [-0.4, -0.2) is 22.6 Å². The van der Waals surface area contributed by atoms with Crippen molar-refractivity contribution in [3.63, 3.8) is 0 Å². The zero-order valence-electron chi connectivity index (χ0n) is 12.8. The van der Waals surface area contributed by atoms with E-state index in [1.165, 1.54) is 23.3 Å². The van der Waals surface area contributed by atoms with E-state index in [0.29, 0.717) is 0 Å². The van der Waals surface area contributed by atoms with E-state index in [4.69, 9.17) is 0 Å². The molecule has 3 nitrogen and oxygen atoms in total. The molecule has 0 unspecified atom stereocenters. The first kappa shape index (κ1) is 13.3. The average molecular weight is 296 g/mol. The smallest absolute Gasteiger partial charge is 0.233 e. The molecule has 4 rings (SSSR count). The molecule has 2 aliphatic heterocycles. The molecule has 2 aromatic rings. The number of hydrazine groups is 1. The largest absolute Gasteiger partial charge is 0.303 e. The minimum absolute atomic E-state index is 0.0471. The van der Waals surface area contributed by atoms with Crippen molar-refractivity contribution in [3.8, 4) is 0 Å². The summed E-state index contributed by atoms with van der Waals surface area (Å²) in [6.07, 6.45) is 1.02. The van der Waals surface area contributed by atoms with Gasteiger partial charge in [-0.1, -0.05) is 18.2 Å². The van der Waals surface area contributed by atoms with E-state index in [1.807, 2.05) is 0 Å². The quantitative estimate of drug-likeness (QED) is 0.816. The lowest BCUT2D eigenvalue weighted by molar-refractivity contribution is -0.595. The minimum atomic E-state index is -0.209. The molecule has 0 atom stereocenters. The lowest BCUT2D eigenvalue weighted by atomic mass is 9.87. The van der Waals surface area contributed by atoms with Gasteiger partial charge in [-0.05, 0) is 49.7 Å². The van der Waals surface area contributed by atoms with Crippen LogP contribution in [0, 0.1) is 5.82 Å². The highest BCUT2D eigenvalue weighted by Gasteiger charge is 2.43. The lowest BCUT2D eigenvalue weighted by Gasteiger charge is -2.29. The van der Waals surface area contributed by atoms with Gasteiger partial charge in [0, 0.05) is 6.42 Å². The highest BCUT2D eigenvalue weighted by molar-refractivity contribution is 5.98. The standard InChI is InChI=1S/C18H18FN3/c1-18(2)11-13-5-3-4-6-16(13)17-20-22(12-21(17)18)15-9-7-14(19)8-10-15/h3-10H,11-12H2,1-2H3/p+1. The van der Waals surface area contributed by atoms with Gasteiger partial charge in [-0.2, -0.15) is 10.4 Å². The van der Waals surface area contributed by atoms with Crippen molar-refractivity contribution in [2.75, 3.05) is 11.7 Å². The number of benzene rings is 2. The topological polar surface area (TPSA) is 18.3 Å². The Kier molecular flexibility index (Phi) is 2.76. The summed E-state index contributed by atoms with van der Waals surface area (Å²) in [7, 11) is 0. The van der Waals surface area contributed by atoms with Crippen molar-refractivity contribution in [2.45, 2.75) is 25.8 Å². The van der Waals surface area contributed by atoms with Crippen LogP contribution in [0.3, 0.4) is 0 Å². The van der Waals surface area contributed by atoms with Crippen LogP contribution >= 0.6 is 0 Å². The highest BCUT2D eigenvalue weighted by atomic mass is 19.1. The molecule has 0 amide bonds. The van der Waals surface area contributed by atoms with Gasteiger partial charge in [0.1, 0.15) is 11.4 Å². The molecule has 112 valence electrons. The maximum absolute atomic E-state index is 13.1. The molecule has 0 spiro atoms. The first-order valence-corrected chi connectivity index (χ1v) is 7.57. The van der Waals surface area contributed by atoms with Crippen molar-refractivity contribution in [2.24, 2.45) is 0 Å². The monoisotopic (exact) mass is 296 g/mol. The fraction of sp³-hybridized carbons (Fsp3) is 0.278. The van der Waals surface area contributed by atoms with E-state index in [9.17, 15) is 4.39 Å². The Bertz CT molecular complexity index is 762. The fourth-order valence-electron chi connectivity index (χ4n) is 3.37. The highest BCUT2D eigenvalue weighted by Crippen LogP contribution is 2.29. The SMILES string of the molecule is CC1(C)Cc2ccccc2C2=[N+]1CN(c1ccc(F)cc1)N2. The molecular weight excluding hydrogens is 277 g/mol. The molecule has 2 aromatic carbocycles. The first-order chi connectivity index (χ1) is 10.5. The molecule has 1 N–H and O–H groups in total. The second-order valence-corrected chi connectivity index (χ2v) is 6.58. The Morgan fingerprint density at radius 2 is 1.82 bits per heavy atom. The van der Waals surface area contributed by atoms with Gasteiger partial charge in [0.25, 0.3) is 0 Å². The Morgan fingerprint density at radius 1 is 1.09 bits per heavy atom. The maximum Gasteiger partial charge on any atom is 0.303 e. The Hall–Kier alpha value is -2.36. The summed E-state index contributed by atoms with van der Waals surface area (Å²) in [5.41, 5.74) is 7.13. The number of fused-ring (bicyclic) bond motifs is 2. The lowest BCUT2D eigenvalue weighted by Crippen LogP contribution is -2.45. The van der Waals surface area contributed by atoms with Gasteiger partial charge >= 0.3 is 5.84 Å². The molecule has 0 bridgehead atoms. The molecule has 0 aromatic heterocycles. The van der Waals surface area contributed by atoms with Crippen LogP contribution in [-0.2, 0) is 6.42 Å². The second-order valence-electron chi connectivity index (χ2n) is 6.58. The average Bonchev–Trinajstić information content (AvgIpc) is 2.94. The van der Waals surface area contributed by atoms with Crippen molar-refractivity contribution in [3.05, 3.63) is 65.5 Å². The predicted molar refractivity (Wildman–Crippen MR) is 85.5 cm³/mol. The number of hydrogen-bond donors (Lipinski definition) is 1. The van der Waals surface area contributed by atoms with E-state index >= 15 is 0 Å². The molecule has 0 aliphatic carbocycles. The first-order valence-electron chi connectivity index (χ1n) is 7.57. The third-order valence-electron chi connectivity index (χ3n) is 4.56. The Morgan fingerprint density at radius 3 is 2.59 bits per heavy atom. The number of halogens is 1. The van der Waals surface area contributed by atoms with Gasteiger partial charge in [0.15, 0.2) is 6.67 Å². The predicted octanol–water partition coefficient (Wildman–Crippen LogP) is 2.90. The van der Waals surface area contributed by atoms with Crippen molar-refractivity contribution < 1.29 is 8.97 Å². The number of hydrogen-bond acceptors (Lipinski definition) is 2. The third-order valence-corrected chi connectivity index (χ3v) is 4.56. The molecule has 0 saturated heterocycles. The summed E-state index contributed by atoms with van der Waals surface area (Å²) >= 11 is 0. The number of anilines is 1. The second kappa shape index (κ2) is 4.57. The van der Waals surface area contributed by atoms with Crippen LogP contribution in [0.2, 0.25) is 0 Å². The molecular formula is C18H19FN3+. The van der Waals surface area contributed by atoms with Gasteiger partial charge in [0.05, 0.1) is 11.3 Å². The zero-order valence-corrected chi connectivity index (χ0v) is 12.8. The number of amidine groups is 1. The Balaban J connectivity index is 1.74. The summed E-state index contributed by atoms with van der Waals surface area (Å²) in [6.45, 7) is 5.28. The van der Waals surface area contributed by atoms with E-state index in [1.54, 1.807) is 12.1 Å². The van der Waals surface area contributed by atoms with E-state index in [0.717, 1.165) is 24.6 Å². The van der Waals surface area contributed by atoms with Gasteiger partial charge in [-0.15, -0.1) is 0 Å². The summed E-state index contributed by atoms with van der Waals surface area (Å²) < 4.78 is 15.5. The van der Waals surface area contributed by atoms with E-state index in [-0.39, 0.29) is 11.4 Å². The number of rotatable bonds is 1. The van der Waals surface area contributed by atoms with Gasteiger partial charge in [-0.25, -0.2) is 8.97 Å². The van der Waals surface area contributed by atoms with Crippen molar-refractivity contribution in [1.29, 1.82) is 0 Å². The van der Waals surface area contributed by atoms with Gasteiger partial charge in [0.2, 0.25) is 0 Å². The van der Waals surface area contributed by atoms with E-state index in [2.05, 4.69) is 53.1 Å². The third kappa shape index (κ3) is 1.98. The summed E-state index contributed by atoms with van der Waals surface area (Å²) in [4.78, 5) is 0. The molecule has 0 saturated carbocycles. The van der Waals surface area contributed by atoms with Crippen LogP contribution < -0.4 is 10.4 Å². The molecule has 0 radical (unpaired) electrons. The Labute approximate surface area is 129 Å². The van der Waals surface area contributed by atoms with Crippen LogP contribution in [0.1, 0.15) is 25.0 Å². The summed E-state index contributed by atoms with van der Waals surface area (Å²) in [5.74, 6) is 0.926. The molecule has 22 heavy (non-hydrogen) atoms. The van der Waals surface area contributed by atoms with Crippen molar-refractivity contribution >= 4 is 11.5 Å². The summed E-state index contributed by atoms with van der Waals surface area (Å²) in [5, 5.41) is 2.07. The van der Waals surface area contributed by atoms with Gasteiger partial charge < -0.3 is 0 Å². The van der Waals surface area contributed by atoms with Crippen LogP contribution in [0.25, 0.3) is 0 Å². The van der Waals surface area contributed by atoms with Crippen LogP contribution in [0.4, 0.5) is 10.1 Å². The maximum atomic E-state index is 13.1. The number of nitrogens with zero attached hydrogens (tertiary/aromatic N) is 2. The van der Waals surface area contributed by atoms with E-state index < -0.39 is 0 Å². The summed E-state index contributed by atoms with van der Waals surface area (Å²) in [6, 6.07) is 15.1. The fourth-order valence-corrected chi connectivity index (χ4v) is 3.37. The molecule has 4 heteroatoms. The molecule has 2 aliphatic rings. The number of nitrogens with one attached hydrogen (secondary N) is 1. The van der Waals surface area contributed by atoms with Gasteiger partial charge in [-0.3, -0.25) is 0 Å². The van der Waals surface area contributed by atoms with Crippen molar-refractivity contribution in [1.82, 2.24) is 5.43 Å². The zero-order chi connectivity index (χ0) is 15.3. The van der Waals surface area contributed by atoms with Crippen LogP contribution in [0.15, 0.2) is 48.5 Å². The van der Waals surface area contributed by atoms with Crippen LogP contribution in [0.5, 0.6) is 0 Å². The normalized spacial score (nSPS) is 18.8. The minimum Gasteiger partial charge on any atom is -0.233 e. The molecule has 2 heterocycles.